The van der Waals surface area contributed by atoms with Crippen molar-refractivity contribution in [3.8, 4) is 0 Å². The first-order chi connectivity index (χ1) is 17.1. The summed E-state index contributed by atoms with van der Waals surface area (Å²) < 4.78 is 36.4. The fraction of sp³-hybridized carbons (Fsp3) is 0.464. The predicted octanol–water partition coefficient (Wildman–Crippen LogP) is 6.58. The van der Waals surface area contributed by atoms with Gasteiger partial charge >= 0.3 is 5.90 Å². The third-order valence-corrected chi connectivity index (χ3v) is 8.08. The average molecular weight is 551 g/mol. The zero-order chi connectivity index (χ0) is 26.1. The van der Waals surface area contributed by atoms with Crippen LogP contribution in [0.2, 0.25) is 10.0 Å². The second kappa shape index (κ2) is 10.9. The Bertz CT molecular complexity index is 1230. The molecule has 5 rings (SSSR count). The molecule has 36 heavy (non-hydrogen) atoms. The number of ether oxygens (including phenoxy) is 1. The zero-order valence-electron chi connectivity index (χ0n) is 20.7. The number of hydrogen-bond donors (Lipinski definition) is 0. The monoisotopic (exact) mass is 549 g/mol. The molecular formula is C28H33Cl2NO4S. The summed E-state index contributed by atoms with van der Waals surface area (Å²) in [5.41, 5.74) is 2.57. The molecule has 0 N–H and O–H groups in total. The quantitative estimate of drug-likeness (QED) is 0.232. The van der Waals surface area contributed by atoms with Gasteiger partial charge in [-0.15, -0.1) is 6.58 Å². The molecule has 0 amide bonds. The molecule has 1 saturated carbocycles. The smallest absolute Gasteiger partial charge is 0.344 e. The van der Waals surface area contributed by atoms with Crippen molar-refractivity contribution >= 4 is 39.2 Å². The molecule has 2 heterocycles. The number of allylic oxidation sites excluding steroid dienone is 1. The molecule has 2 aromatic carbocycles. The molecule has 0 bridgehead atoms. The van der Waals surface area contributed by atoms with Gasteiger partial charge in [-0.05, 0) is 61.9 Å². The van der Waals surface area contributed by atoms with Crippen molar-refractivity contribution in [1.82, 2.24) is 0 Å². The Labute approximate surface area is 224 Å². The standard InChI is InChI=1S/C27H30Cl2NO.CH4O3S/c1-3-14-27(4-2)16-23(20-6-5-7-22(29)15-20)25(19-10-12-21(28)13-11-19)30-24(18-8-9-18)17-31-26(27)30;1-5(2,3)4/h3,5-7,10-13,15,18,23-25H,1,4,8-9,14,16-17H2,2H3;1H3,(H,2,3,4)/q+1;/p-1/t23-,24-,25-,27+;/m1./s1. The summed E-state index contributed by atoms with van der Waals surface area (Å²) in [5.74, 6) is 2.22. The molecular weight excluding hydrogens is 517 g/mol. The summed E-state index contributed by atoms with van der Waals surface area (Å²) in [6.07, 6.45) is 8.25. The van der Waals surface area contributed by atoms with Crippen LogP contribution < -0.4 is 0 Å². The summed E-state index contributed by atoms with van der Waals surface area (Å²) in [7, 11) is -3.92. The van der Waals surface area contributed by atoms with E-state index in [4.69, 9.17) is 40.9 Å². The van der Waals surface area contributed by atoms with Gasteiger partial charge in [0.2, 0.25) is 0 Å². The van der Waals surface area contributed by atoms with Crippen molar-refractivity contribution in [2.75, 3.05) is 12.9 Å². The zero-order valence-corrected chi connectivity index (χ0v) is 23.0. The maximum atomic E-state index is 9.08. The summed E-state index contributed by atoms with van der Waals surface area (Å²) >= 11 is 12.7. The second-order valence-corrected chi connectivity index (χ2v) is 12.4. The predicted molar refractivity (Wildman–Crippen MR) is 144 cm³/mol. The molecule has 194 valence electrons. The van der Waals surface area contributed by atoms with Crippen LogP contribution in [0.25, 0.3) is 0 Å². The maximum absolute atomic E-state index is 9.08. The summed E-state index contributed by atoms with van der Waals surface area (Å²) in [5, 5.41) is 1.57. The first-order valence-electron chi connectivity index (χ1n) is 12.4. The molecule has 0 aromatic heterocycles. The highest BCUT2D eigenvalue weighted by Gasteiger charge is 2.60. The highest BCUT2D eigenvalue weighted by Crippen LogP contribution is 2.54. The van der Waals surface area contributed by atoms with Crippen LogP contribution in [0.5, 0.6) is 0 Å². The lowest BCUT2D eigenvalue weighted by molar-refractivity contribution is -0.614. The molecule has 2 aliphatic heterocycles. The van der Waals surface area contributed by atoms with Gasteiger partial charge in [0, 0.05) is 27.8 Å². The van der Waals surface area contributed by atoms with Crippen molar-refractivity contribution in [2.24, 2.45) is 11.3 Å². The minimum absolute atomic E-state index is 0.0265. The largest absolute Gasteiger partial charge is 0.748 e. The minimum Gasteiger partial charge on any atom is -0.748 e. The van der Waals surface area contributed by atoms with Crippen LogP contribution in [0.4, 0.5) is 0 Å². The Morgan fingerprint density at radius 3 is 2.36 bits per heavy atom. The summed E-state index contributed by atoms with van der Waals surface area (Å²) in [6.45, 7) is 7.19. The maximum Gasteiger partial charge on any atom is 0.344 e. The molecule has 0 unspecified atom stereocenters. The van der Waals surface area contributed by atoms with Gasteiger partial charge in [0.25, 0.3) is 0 Å². The van der Waals surface area contributed by atoms with Gasteiger partial charge in [-0.25, -0.2) is 8.42 Å². The van der Waals surface area contributed by atoms with Gasteiger partial charge in [0.1, 0.15) is 0 Å². The van der Waals surface area contributed by atoms with Crippen LogP contribution in [-0.2, 0) is 14.9 Å². The van der Waals surface area contributed by atoms with E-state index in [0.29, 0.717) is 18.2 Å². The molecule has 0 saturated heterocycles. The first-order valence-corrected chi connectivity index (χ1v) is 14.9. The van der Waals surface area contributed by atoms with Crippen LogP contribution in [0.15, 0.2) is 61.2 Å². The number of halogens is 2. The Morgan fingerprint density at radius 1 is 1.14 bits per heavy atom. The molecule has 0 spiro atoms. The SMILES string of the molecule is C=CC[C@@]1(CC)C[C@H](c2cccc(Cl)c2)[C@@H](c2ccc(Cl)cc2)[N+]2=C1OC[C@@H]2C1CC1.CS(=O)(=O)[O-]. The van der Waals surface area contributed by atoms with Crippen molar-refractivity contribution in [3.05, 3.63) is 82.4 Å². The van der Waals surface area contributed by atoms with Gasteiger partial charge in [0.05, 0.1) is 21.5 Å². The van der Waals surface area contributed by atoms with Crippen LogP contribution in [0.1, 0.15) is 62.1 Å². The first kappa shape index (κ1) is 27.2. The topological polar surface area (TPSA) is 69.4 Å². The van der Waals surface area contributed by atoms with Gasteiger partial charge in [-0.3, -0.25) is 0 Å². The molecule has 5 nitrogen and oxygen atoms in total. The number of nitrogens with zero attached hydrogens (tertiary/aromatic N) is 1. The lowest BCUT2D eigenvalue weighted by Gasteiger charge is -2.40. The van der Waals surface area contributed by atoms with Crippen molar-refractivity contribution in [2.45, 2.75) is 57.0 Å². The van der Waals surface area contributed by atoms with E-state index < -0.39 is 10.1 Å². The van der Waals surface area contributed by atoms with Crippen molar-refractivity contribution in [1.29, 1.82) is 0 Å². The number of rotatable bonds is 6. The van der Waals surface area contributed by atoms with Gasteiger partial charge in [0.15, 0.2) is 18.7 Å². The van der Waals surface area contributed by atoms with Crippen LogP contribution in [0, 0.1) is 11.3 Å². The Hall–Kier alpha value is -1.86. The fourth-order valence-electron chi connectivity index (χ4n) is 5.86. The molecule has 0 radical (unpaired) electrons. The van der Waals surface area contributed by atoms with Crippen molar-refractivity contribution in [3.63, 3.8) is 0 Å². The van der Waals surface area contributed by atoms with E-state index in [9.17, 15) is 0 Å². The fourth-order valence-corrected chi connectivity index (χ4v) is 6.19. The number of hydrogen-bond acceptors (Lipinski definition) is 4. The summed E-state index contributed by atoms with van der Waals surface area (Å²) in [4.78, 5) is 0. The Morgan fingerprint density at radius 2 is 1.81 bits per heavy atom. The Kier molecular flexibility index (Phi) is 8.20. The van der Waals surface area contributed by atoms with E-state index in [-0.39, 0.29) is 11.5 Å². The molecule has 1 aliphatic carbocycles. The van der Waals surface area contributed by atoms with Gasteiger partial charge in [-0.1, -0.05) is 60.5 Å². The lowest BCUT2D eigenvalue weighted by Crippen LogP contribution is -2.47. The highest BCUT2D eigenvalue weighted by molar-refractivity contribution is 7.84. The minimum atomic E-state index is -3.92. The van der Waals surface area contributed by atoms with E-state index in [1.807, 2.05) is 18.2 Å². The molecule has 8 heteroatoms. The van der Waals surface area contributed by atoms with Crippen LogP contribution in [0.3, 0.4) is 0 Å². The molecule has 3 aliphatic rings. The second-order valence-electron chi connectivity index (χ2n) is 10.1. The van der Waals surface area contributed by atoms with E-state index in [1.54, 1.807) is 0 Å². The third kappa shape index (κ3) is 5.99. The van der Waals surface area contributed by atoms with E-state index in [1.165, 1.54) is 29.9 Å². The van der Waals surface area contributed by atoms with Gasteiger partial charge < -0.3 is 9.29 Å². The van der Waals surface area contributed by atoms with Crippen molar-refractivity contribution < 1.29 is 22.3 Å². The lowest BCUT2D eigenvalue weighted by atomic mass is 9.67. The normalized spacial score (nSPS) is 27.5. The molecule has 1 fully saturated rings. The summed E-state index contributed by atoms with van der Waals surface area (Å²) in [6, 6.07) is 17.5. The molecule has 2 aromatic rings. The number of benzene rings is 2. The van der Waals surface area contributed by atoms with Crippen LogP contribution >= 0.6 is 23.2 Å². The van der Waals surface area contributed by atoms with Crippen LogP contribution in [-0.4, -0.2) is 42.3 Å². The third-order valence-electron chi connectivity index (χ3n) is 7.59. The molecule has 4 atom stereocenters. The highest BCUT2D eigenvalue weighted by atomic mass is 35.5. The van der Waals surface area contributed by atoms with E-state index >= 15 is 0 Å². The average Bonchev–Trinajstić information content (AvgIpc) is 3.56. The Balaban J connectivity index is 0.000000556. The van der Waals surface area contributed by atoms with E-state index in [0.717, 1.165) is 41.8 Å². The van der Waals surface area contributed by atoms with Gasteiger partial charge in [-0.2, -0.15) is 4.58 Å². The van der Waals surface area contributed by atoms with E-state index in [2.05, 4.69) is 54.5 Å².